The van der Waals surface area contributed by atoms with E-state index in [-0.39, 0.29) is 11.8 Å². The lowest BCUT2D eigenvalue weighted by Gasteiger charge is -2.30. The largest absolute Gasteiger partial charge is 0.345 e. The maximum atomic E-state index is 13.0. The first-order chi connectivity index (χ1) is 8.58. The van der Waals surface area contributed by atoms with E-state index in [1.165, 1.54) is 6.07 Å². The molecule has 0 aliphatic carbocycles. The number of carbonyl (C=O) groups excluding carboxylic acids is 1. The molecule has 2 rings (SSSR count). The summed E-state index contributed by atoms with van der Waals surface area (Å²) in [5, 5.41) is 3.05. The summed E-state index contributed by atoms with van der Waals surface area (Å²) in [5.41, 5.74) is 0.695. The number of halogens is 2. The van der Waals surface area contributed by atoms with Crippen LogP contribution >= 0.6 is 0 Å². The van der Waals surface area contributed by atoms with Gasteiger partial charge in [-0.25, -0.2) is 8.78 Å². The van der Waals surface area contributed by atoms with Crippen LogP contribution in [0.2, 0.25) is 0 Å². The Kier molecular flexibility index (Phi) is 3.91. The Bertz CT molecular complexity index is 447. The molecule has 0 radical (unpaired) electrons. The van der Waals surface area contributed by atoms with E-state index in [0.29, 0.717) is 18.5 Å². The Balaban J connectivity index is 1.86. The van der Waals surface area contributed by atoms with Gasteiger partial charge in [0.2, 0.25) is 5.91 Å². The highest BCUT2D eigenvalue weighted by Gasteiger charge is 2.27. The highest BCUT2D eigenvalue weighted by atomic mass is 19.2. The van der Waals surface area contributed by atoms with E-state index >= 15 is 0 Å². The van der Waals surface area contributed by atoms with Crippen molar-refractivity contribution in [2.24, 2.45) is 5.92 Å². The molecule has 0 unspecified atom stereocenters. The predicted molar refractivity (Wildman–Crippen MR) is 64.1 cm³/mol. The Morgan fingerprint density at radius 1 is 1.39 bits per heavy atom. The Labute approximate surface area is 105 Å². The van der Waals surface area contributed by atoms with Crippen LogP contribution in [0.15, 0.2) is 18.2 Å². The minimum absolute atomic E-state index is 0.0694. The molecule has 1 amide bonds. The van der Waals surface area contributed by atoms with Gasteiger partial charge < -0.3 is 10.2 Å². The van der Waals surface area contributed by atoms with Crippen molar-refractivity contribution in [3.63, 3.8) is 0 Å². The number of benzene rings is 1. The fourth-order valence-corrected chi connectivity index (χ4v) is 1.88. The molecule has 1 aliphatic heterocycles. The van der Waals surface area contributed by atoms with E-state index in [4.69, 9.17) is 0 Å². The normalized spacial score (nSPS) is 15.3. The average molecular weight is 254 g/mol. The molecule has 0 atom stereocenters. The second-order valence-corrected chi connectivity index (χ2v) is 4.61. The predicted octanol–water partition coefficient (Wildman–Crippen LogP) is 1.19. The Morgan fingerprint density at radius 3 is 2.67 bits per heavy atom. The zero-order valence-corrected chi connectivity index (χ0v) is 10.2. The molecule has 3 nitrogen and oxygen atoms in total. The number of rotatable bonds is 4. The first-order valence-electron chi connectivity index (χ1n) is 5.97. The second kappa shape index (κ2) is 5.44. The first-order valence-corrected chi connectivity index (χ1v) is 5.97. The zero-order valence-electron chi connectivity index (χ0n) is 10.2. The van der Waals surface area contributed by atoms with Crippen LogP contribution in [0.25, 0.3) is 0 Å². The topological polar surface area (TPSA) is 32.3 Å². The van der Waals surface area contributed by atoms with E-state index in [0.717, 1.165) is 19.2 Å². The van der Waals surface area contributed by atoms with Gasteiger partial charge in [-0.3, -0.25) is 4.79 Å². The average Bonchev–Trinajstić information content (AvgIpc) is 2.28. The van der Waals surface area contributed by atoms with Gasteiger partial charge in [0.25, 0.3) is 0 Å². The lowest BCUT2D eigenvalue weighted by Crippen LogP contribution is -2.51. The van der Waals surface area contributed by atoms with Crippen LogP contribution < -0.4 is 5.32 Å². The van der Waals surface area contributed by atoms with Gasteiger partial charge in [0, 0.05) is 26.7 Å². The van der Waals surface area contributed by atoms with Gasteiger partial charge >= 0.3 is 0 Å². The van der Waals surface area contributed by atoms with Crippen molar-refractivity contribution in [1.29, 1.82) is 0 Å². The molecule has 98 valence electrons. The summed E-state index contributed by atoms with van der Waals surface area (Å²) in [6.45, 7) is 1.98. The molecule has 1 aliphatic rings. The quantitative estimate of drug-likeness (QED) is 0.875. The van der Waals surface area contributed by atoms with Crippen LogP contribution in [0.4, 0.5) is 8.78 Å². The number of likely N-dealkylation sites (N-methyl/N-ethyl adjacent to an activating group) is 1. The van der Waals surface area contributed by atoms with Crippen molar-refractivity contribution in [2.75, 3.05) is 26.7 Å². The molecule has 1 fully saturated rings. The molecule has 1 N–H and O–H groups in total. The summed E-state index contributed by atoms with van der Waals surface area (Å²) < 4.78 is 25.7. The third-order valence-corrected chi connectivity index (χ3v) is 3.23. The molecule has 1 saturated heterocycles. The summed E-state index contributed by atoms with van der Waals surface area (Å²) in [4.78, 5) is 13.5. The van der Waals surface area contributed by atoms with Crippen molar-refractivity contribution in [2.45, 2.75) is 6.42 Å². The number of hydrogen-bond donors (Lipinski definition) is 1. The van der Waals surface area contributed by atoms with E-state index in [1.807, 2.05) is 0 Å². The van der Waals surface area contributed by atoms with Crippen LogP contribution in [-0.4, -0.2) is 37.5 Å². The maximum Gasteiger partial charge on any atom is 0.228 e. The Morgan fingerprint density at radius 2 is 2.11 bits per heavy atom. The minimum atomic E-state index is -0.844. The van der Waals surface area contributed by atoms with Crippen LogP contribution in [0.1, 0.15) is 5.56 Å². The summed E-state index contributed by atoms with van der Waals surface area (Å²) in [5.74, 6) is -1.51. The van der Waals surface area contributed by atoms with Gasteiger partial charge in [-0.1, -0.05) is 6.07 Å². The number of carbonyl (C=O) groups is 1. The fraction of sp³-hybridized carbons (Fsp3) is 0.462. The molecular formula is C13H16F2N2O. The van der Waals surface area contributed by atoms with Crippen LogP contribution in [-0.2, 0) is 11.2 Å². The lowest BCUT2D eigenvalue weighted by molar-refractivity contribution is -0.135. The van der Waals surface area contributed by atoms with Crippen molar-refractivity contribution < 1.29 is 13.6 Å². The number of nitrogens with one attached hydrogen (secondary N) is 1. The van der Waals surface area contributed by atoms with Gasteiger partial charge in [0.1, 0.15) is 0 Å². The van der Waals surface area contributed by atoms with Crippen molar-refractivity contribution >= 4 is 5.91 Å². The van der Waals surface area contributed by atoms with Crippen LogP contribution in [0, 0.1) is 17.6 Å². The number of amides is 1. The highest BCUT2D eigenvalue weighted by molar-refractivity contribution is 5.79. The molecule has 1 aromatic carbocycles. The second-order valence-electron chi connectivity index (χ2n) is 4.61. The van der Waals surface area contributed by atoms with Gasteiger partial charge in [-0.2, -0.15) is 0 Å². The molecule has 0 spiro atoms. The monoisotopic (exact) mass is 254 g/mol. The highest BCUT2D eigenvalue weighted by Crippen LogP contribution is 2.11. The summed E-state index contributed by atoms with van der Waals surface area (Å²) in [7, 11) is 1.74. The van der Waals surface area contributed by atoms with E-state index in [2.05, 4.69) is 5.32 Å². The number of hydrogen-bond acceptors (Lipinski definition) is 2. The summed E-state index contributed by atoms with van der Waals surface area (Å²) in [6, 6.07) is 3.84. The summed E-state index contributed by atoms with van der Waals surface area (Å²) in [6.07, 6.45) is 0.527. The third-order valence-electron chi connectivity index (χ3n) is 3.23. The smallest absolute Gasteiger partial charge is 0.228 e. The maximum absolute atomic E-state index is 13.0. The SMILES string of the molecule is CN(CCc1ccc(F)c(F)c1)C(=O)C1CNC1. The van der Waals surface area contributed by atoms with Crippen molar-refractivity contribution in [3.8, 4) is 0 Å². The molecular weight excluding hydrogens is 238 g/mol. The van der Waals surface area contributed by atoms with Crippen molar-refractivity contribution in [1.82, 2.24) is 10.2 Å². The third kappa shape index (κ3) is 2.85. The van der Waals surface area contributed by atoms with Gasteiger partial charge in [0.05, 0.1) is 5.92 Å². The van der Waals surface area contributed by atoms with E-state index < -0.39 is 11.6 Å². The standard InChI is InChI=1S/C13H16F2N2O/c1-17(13(18)10-7-16-8-10)5-4-9-2-3-11(14)12(15)6-9/h2-3,6,10,16H,4-5,7-8H2,1H3. The molecule has 5 heteroatoms. The molecule has 0 aromatic heterocycles. The first kappa shape index (κ1) is 13.0. The lowest BCUT2D eigenvalue weighted by atomic mass is 10.0. The van der Waals surface area contributed by atoms with Crippen LogP contribution in [0.3, 0.4) is 0 Å². The van der Waals surface area contributed by atoms with Crippen LogP contribution in [0.5, 0.6) is 0 Å². The van der Waals surface area contributed by atoms with E-state index in [1.54, 1.807) is 18.0 Å². The summed E-state index contributed by atoms with van der Waals surface area (Å²) >= 11 is 0. The Hall–Kier alpha value is -1.49. The van der Waals surface area contributed by atoms with E-state index in [9.17, 15) is 13.6 Å². The molecule has 1 aromatic rings. The molecule has 0 saturated carbocycles. The zero-order chi connectivity index (χ0) is 13.1. The molecule has 1 heterocycles. The van der Waals surface area contributed by atoms with Gasteiger partial charge in [-0.15, -0.1) is 0 Å². The molecule has 0 bridgehead atoms. The van der Waals surface area contributed by atoms with Crippen molar-refractivity contribution in [3.05, 3.63) is 35.4 Å². The molecule has 18 heavy (non-hydrogen) atoms. The van der Waals surface area contributed by atoms with Gasteiger partial charge in [0.15, 0.2) is 11.6 Å². The fourth-order valence-electron chi connectivity index (χ4n) is 1.88. The minimum Gasteiger partial charge on any atom is -0.345 e. The van der Waals surface area contributed by atoms with Gasteiger partial charge in [-0.05, 0) is 24.1 Å². The number of nitrogens with zero attached hydrogens (tertiary/aromatic N) is 1.